The average Bonchev–Trinajstić information content (AvgIpc) is 2.30. The van der Waals surface area contributed by atoms with Crippen molar-refractivity contribution in [3.63, 3.8) is 0 Å². The second-order valence-corrected chi connectivity index (χ2v) is 3.74. The van der Waals surface area contributed by atoms with Crippen LogP contribution in [-0.2, 0) is 0 Å². The van der Waals surface area contributed by atoms with Crippen molar-refractivity contribution in [3.05, 3.63) is 35.3 Å². The zero-order chi connectivity index (χ0) is 8.81. The van der Waals surface area contributed by atoms with Crippen molar-refractivity contribution in [2.75, 3.05) is 18.8 Å². The first-order valence-corrected chi connectivity index (χ1v) is 5.19. The lowest BCUT2D eigenvalue weighted by Gasteiger charge is -2.04. The molecule has 12 heavy (non-hydrogen) atoms. The van der Waals surface area contributed by atoms with Gasteiger partial charge < -0.3 is 5.32 Å². The second kappa shape index (κ2) is 5.22. The topological polar surface area (TPSA) is 12.0 Å². The highest BCUT2D eigenvalue weighted by atomic mass is 32.2. The minimum absolute atomic E-state index is 0.971. The lowest BCUT2D eigenvalue weighted by molar-refractivity contribution is 0.797. The Balaban J connectivity index is 2.78. The normalized spacial score (nSPS) is 25.8. The first-order chi connectivity index (χ1) is 5.88. The van der Waals surface area contributed by atoms with Gasteiger partial charge in [0, 0.05) is 23.7 Å². The Morgan fingerprint density at radius 1 is 1.58 bits per heavy atom. The molecule has 1 N–H and O–H groups in total. The van der Waals surface area contributed by atoms with Crippen LogP contribution in [0.1, 0.15) is 6.92 Å². The summed E-state index contributed by atoms with van der Waals surface area (Å²) in [6, 6.07) is 0. The van der Waals surface area contributed by atoms with Gasteiger partial charge in [-0.3, -0.25) is 0 Å². The summed E-state index contributed by atoms with van der Waals surface area (Å²) >= 11 is 1.91. The van der Waals surface area contributed by atoms with Gasteiger partial charge in [-0.1, -0.05) is 24.8 Å². The third kappa shape index (κ3) is 2.54. The van der Waals surface area contributed by atoms with Crippen LogP contribution in [-0.4, -0.2) is 18.8 Å². The predicted molar refractivity (Wildman–Crippen MR) is 57.4 cm³/mol. The lowest BCUT2D eigenvalue weighted by atomic mass is 10.2. The summed E-state index contributed by atoms with van der Waals surface area (Å²) in [4.78, 5) is 1.39. The monoisotopic (exact) mass is 181 g/mol. The van der Waals surface area contributed by atoms with Crippen LogP contribution >= 0.6 is 11.8 Å². The van der Waals surface area contributed by atoms with Crippen LogP contribution in [0.2, 0.25) is 0 Å². The first-order valence-electron chi connectivity index (χ1n) is 4.20. The maximum atomic E-state index is 3.71. The van der Waals surface area contributed by atoms with Crippen LogP contribution < -0.4 is 5.32 Å². The summed E-state index contributed by atoms with van der Waals surface area (Å²) < 4.78 is 0. The SMILES string of the molecule is C=C/C=C1/CNCCS/C1=C/C. The number of hydrogen-bond donors (Lipinski definition) is 1. The van der Waals surface area contributed by atoms with E-state index in [0.29, 0.717) is 0 Å². The first kappa shape index (κ1) is 9.62. The van der Waals surface area contributed by atoms with Gasteiger partial charge in [0.1, 0.15) is 0 Å². The molecule has 0 aliphatic carbocycles. The highest BCUT2D eigenvalue weighted by molar-refractivity contribution is 8.03. The van der Waals surface area contributed by atoms with Crippen LogP contribution in [0.25, 0.3) is 0 Å². The molecule has 0 saturated carbocycles. The molecule has 0 radical (unpaired) electrons. The molecule has 1 fully saturated rings. The van der Waals surface area contributed by atoms with Gasteiger partial charge in [0.15, 0.2) is 0 Å². The van der Waals surface area contributed by atoms with Gasteiger partial charge in [0.25, 0.3) is 0 Å². The van der Waals surface area contributed by atoms with Crippen LogP contribution in [0.4, 0.5) is 0 Å². The van der Waals surface area contributed by atoms with Crippen molar-refractivity contribution in [2.45, 2.75) is 6.92 Å². The van der Waals surface area contributed by atoms with E-state index in [-0.39, 0.29) is 0 Å². The molecule has 1 saturated heterocycles. The molecule has 0 amide bonds. The van der Waals surface area contributed by atoms with E-state index >= 15 is 0 Å². The van der Waals surface area contributed by atoms with E-state index in [9.17, 15) is 0 Å². The summed E-state index contributed by atoms with van der Waals surface area (Å²) in [6.07, 6.45) is 6.11. The van der Waals surface area contributed by atoms with Crippen LogP contribution in [0.5, 0.6) is 0 Å². The van der Waals surface area contributed by atoms with Crippen molar-refractivity contribution in [1.29, 1.82) is 0 Å². The molecular weight excluding hydrogens is 166 g/mol. The van der Waals surface area contributed by atoms with Gasteiger partial charge in [-0.15, -0.1) is 11.8 Å². The summed E-state index contributed by atoms with van der Waals surface area (Å²) in [5, 5.41) is 3.37. The highest BCUT2D eigenvalue weighted by Crippen LogP contribution is 2.25. The fourth-order valence-corrected chi connectivity index (χ4v) is 2.15. The minimum atomic E-state index is 0.971. The number of thioether (sulfide) groups is 1. The van der Waals surface area contributed by atoms with E-state index < -0.39 is 0 Å². The van der Waals surface area contributed by atoms with Crippen molar-refractivity contribution in [2.24, 2.45) is 0 Å². The van der Waals surface area contributed by atoms with E-state index in [1.54, 1.807) is 0 Å². The van der Waals surface area contributed by atoms with Gasteiger partial charge in [-0.05, 0) is 12.5 Å². The van der Waals surface area contributed by atoms with Gasteiger partial charge in [-0.2, -0.15) is 0 Å². The Bertz CT molecular complexity index is 216. The zero-order valence-corrected chi connectivity index (χ0v) is 8.29. The average molecular weight is 181 g/mol. The summed E-state index contributed by atoms with van der Waals surface area (Å²) in [7, 11) is 0. The number of rotatable bonds is 1. The minimum Gasteiger partial charge on any atom is -0.312 e. The standard InChI is InChI=1S/C10H15NS/c1-3-5-9-8-11-6-7-12-10(9)4-2/h3-5,11H,1,6-8H2,2H3/b9-5-,10-4+. The van der Waals surface area contributed by atoms with Crippen molar-refractivity contribution in [3.8, 4) is 0 Å². The predicted octanol–water partition coefficient (Wildman–Crippen LogP) is 2.34. The van der Waals surface area contributed by atoms with Gasteiger partial charge in [0.2, 0.25) is 0 Å². The van der Waals surface area contributed by atoms with E-state index in [4.69, 9.17) is 0 Å². The maximum Gasteiger partial charge on any atom is 0.0216 e. The Morgan fingerprint density at radius 2 is 2.42 bits per heavy atom. The van der Waals surface area contributed by atoms with Gasteiger partial charge in [-0.25, -0.2) is 0 Å². The molecule has 1 rings (SSSR count). The molecule has 0 aromatic carbocycles. The summed E-state index contributed by atoms with van der Waals surface area (Å²) in [6.45, 7) is 7.87. The molecule has 1 nitrogen and oxygen atoms in total. The van der Waals surface area contributed by atoms with Crippen LogP contribution in [0, 0.1) is 0 Å². The Kier molecular flexibility index (Phi) is 4.19. The van der Waals surface area contributed by atoms with Crippen LogP contribution in [0.3, 0.4) is 0 Å². The molecule has 0 aromatic rings. The van der Waals surface area contributed by atoms with Crippen LogP contribution in [0.15, 0.2) is 35.3 Å². The molecule has 0 bridgehead atoms. The highest BCUT2D eigenvalue weighted by Gasteiger charge is 2.07. The van der Waals surface area contributed by atoms with Gasteiger partial charge in [0.05, 0.1) is 0 Å². The zero-order valence-electron chi connectivity index (χ0n) is 7.47. The molecular formula is C10H15NS. The molecule has 66 valence electrons. The summed E-state index contributed by atoms with van der Waals surface area (Å²) in [5.74, 6) is 1.16. The van der Waals surface area contributed by atoms with E-state index in [2.05, 4.69) is 31.0 Å². The molecule has 1 heterocycles. The largest absolute Gasteiger partial charge is 0.312 e. The molecule has 0 aromatic heterocycles. The van der Waals surface area contributed by atoms with Crippen molar-refractivity contribution >= 4 is 11.8 Å². The Hall–Kier alpha value is -0.470. The number of hydrogen-bond acceptors (Lipinski definition) is 2. The lowest BCUT2D eigenvalue weighted by Crippen LogP contribution is -2.16. The van der Waals surface area contributed by atoms with Gasteiger partial charge >= 0.3 is 0 Å². The molecule has 1 aliphatic rings. The fraction of sp³-hybridized carbons (Fsp3) is 0.400. The van der Waals surface area contributed by atoms with E-state index in [0.717, 1.165) is 18.8 Å². The number of allylic oxidation sites excluding steroid dienone is 3. The molecule has 0 spiro atoms. The fourth-order valence-electron chi connectivity index (χ4n) is 1.19. The van der Waals surface area contributed by atoms with E-state index in [1.807, 2.05) is 17.8 Å². The maximum absolute atomic E-state index is 3.71. The van der Waals surface area contributed by atoms with Crippen molar-refractivity contribution in [1.82, 2.24) is 5.32 Å². The molecule has 2 heteroatoms. The Labute approximate surface area is 78.6 Å². The second-order valence-electron chi connectivity index (χ2n) is 2.61. The quantitative estimate of drug-likeness (QED) is 0.666. The van der Waals surface area contributed by atoms with Crippen molar-refractivity contribution < 1.29 is 0 Å². The summed E-state index contributed by atoms with van der Waals surface area (Å²) in [5.41, 5.74) is 1.36. The van der Waals surface area contributed by atoms with E-state index in [1.165, 1.54) is 10.5 Å². The third-order valence-electron chi connectivity index (χ3n) is 1.75. The molecule has 0 unspecified atom stereocenters. The molecule has 0 atom stereocenters. The third-order valence-corrected chi connectivity index (χ3v) is 2.97. The Morgan fingerprint density at radius 3 is 3.08 bits per heavy atom. The molecule has 1 aliphatic heterocycles. The smallest absolute Gasteiger partial charge is 0.0216 e. The number of nitrogens with one attached hydrogen (secondary N) is 1.